The zero-order chi connectivity index (χ0) is 14.9. The maximum absolute atomic E-state index is 4.54. The van der Waals surface area contributed by atoms with Gasteiger partial charge in [-0.05, 0) is 60.9 Å². The summed E-state index contributed by atoms with van der Waals surface area (Å²) in [6.07, 6.45) is 6.98. The lowest BCUT2D eigenvalue weighted by Crippen LogP contribution is -1.93. The first kappa shape index (κ1) is 13.0. The van der Waals surface area contributed by atoms with E-state index in [9.17, 15) is 0 Å². The minimum Gasteiger partial charge on any atom is -0.256 e. The SMILES string of the molecule is CC1=Cc2c(cc(-c3ccccn3)cc2-c2ccccn2)C1. The molecule has 0 N–H and O–H groups in total. The van der Waals surface area contributed by atoms with Gasteiger partial charge >= 0.3 is 0 Å². The van der Waals surface area contributed by atoms with Crippen molar-refractivity contribution in [2.24, 2.45) is 0 Å². The summed E-state index contributed by atoms with van der Waals surface area (Å²) >= 11 is 0. The number of benzene rings is 1. The fourth-order valence-electron chi connectivity index (χ4n) is 3.04. The smallest absolute Gasteiger partial charge is 0.0708 e. The Morgan fingerprint density at radius 3 is 2.27 bits per heavy atom. The lowest BCUT2D eigenvalue weighted by molar-refractivity contribution is 1.19. The van der Waals surface area contributed by atoms with E-state index in [2.05, 4.69) is 47.2 Å². The van der Waals surface area contributed by atoms with E-state index in [4.69, 9.17) is 0 Å². The van der Waals surface area contributed by atoms with Crippen LogP contribution in [0.4, 0.5) is 0 Å². The Kier molecular flexibility index (Phi) is 3.08. The first-order valence-corrected chi connectivity index (χ1v) is 7.48. The average molecular weight is 284 g/mol. The van der Waals surface area contributed by atoms with Crippen LogP contribution in [0.15, 0.2) is 66.5 Å². The number of aromatic nitrogens is 2. The van der Waals surface area contributed by atoms with Crippen molar-refractivity contribution in [2.75, 3.05) is 0 Å². The summed E-state index contributed by atoms with van der Waals surface area (Å²) in [4.78, 5) is 9.03. The lowest BCUT2D eigenvalue weighted by Gasteiger charge is -2.11. The molecular weight excluding hydrogens is 268 g/mol. The van der Waals surface area contributed by atoms with Gasteiger partial charge in [-0.2, -0.15) is 0 Å². The molecule has 3 aromatic rings. The molecule has 0 saturated heterocycles. The van der Waals surface area contributed by atoms with Crippen molar-refractivity contribution in [3.63, 3.8) is 0 Å². The molecule has 1 aliphatic rings. The molecule has 0 unspecified atom stereocenters. The summed E-state index contributed by atoms with van der Waals surface area (Å²) in [5.41, 5.74) is 8.43. The van der Waals surface area contributed by atoms with Crippen molar-refractivity contribution in [2.45, 2.75) is 13.3 Å². The van der Waals surface area contributed by atoms with Crippen LogP contribution in [-0.2, 0) is 6.42 Å². The normalized spacial score (nSPS) is 12.9. The third kappa shape index (κ3) is 2.23. The van der Waals surface area contributed by atoms with E-state index in [1.54, 1.807) is 0 Å². The molecule has 1 aromatic carbocycles. The van der Waals surface area contributed by atoms with E-state index in [1.807, 2.05) is 36.7 Å². The molecule has 22 heavy (non-hydrogen) atoms. The van der Waals surface area contributed by atoms with Crippen LogP contribution in [0.2, 0.25) is 0 Å². The molecule has 2 nitrogen and oxygen atoms in total. The van der Waals surface area contributed by atoms with Crippen LogP contribution in [0.3, 0.4) is 0 Å². The summed E-state index contributed by atoms with van der Waals surface area (Å²) < 4.78 is 0. The van der Waals surface area contributed by atoms with Crippen molar-refractivity contribution in [1.29, 1.82) is 0 Å². The Hall–Kier alpha value is -2.74. The van der Waals surface area contributed by atoms with Crippen LogP contribution in [0.25, 0.3) is 28.6 Å². The molecule has 106 valence electrons. The van der Waals surface area contributed by atoms with Crippen LogP contribution in [0.5, 0.6) is 0 Å². The van der Waals surface area contributed by atoms with Gasteiger partial charge in [0.1, 0.15) is 0 Å². The second kappa shape index (κ2) is 5.23. The molecule has 4 rings (SSSR count). The maximum atomic E-state index is 4.54. The molecule has 0 fully saturated rings. The molecule has 0 bridgehead atoms. The molecule has 1 aliphatic carbocycles. The van der Waals surface area contributed by atoms with Gasteiger partial charge in [-0.15, -0.1) is 0 Å². The average Bonchev–Trinajstić information content (AvgIpc) is 2.95. The molecule has 0 spiro atoms. The van der Waals surface area contributed by atoms with Crippen LogP contribution < -0.4 is 0 Å². The summed E-state index contributed by atoms with van der Waals surface area (Å²) in [6, 6.07) is 16.6. The van der Waals surface area contributed by atoms with Crippen LogP contribution >= 0.6 is 0 Å². The first-order chi connectivity index (χ1) is 10.8. The standard InChI is InChI=1S/C20H16N2/c1-14-10-15-12-16(19-6-2-4-8-21-19)13-18(17(15)11-14)20-7-3-5-9-22-20/h2-9,11-13H,10H2,1H3. The van der Waals surface area contributed by atoms with Gasteiger partial charge in [0.25, 0.3) is 0 Å². The first-order valence-electron chi connectivity index (χ1n) is 7.48. The molecule has 2 heterocycles. The number of pyridine rings is 2. The Balaban J connectivity index is 1.94. The summed E-state index contributed by atoms with van der Waals surface area (Å²) in [5, 5.41) is 0. The quantitative estimate of drug-likeness (QED) is 0.677. The van der Waals surface area contributed by atoms with E-state index in [0.29, 0.717) is 0 Å². The van der Waals surface area contributed by atoms with E-state index >= 15 is 0 Å². The highest BCUT2D eigenvalue weighted by molar-refractivity contribution is 5.83. The molecule has 2 aromatic heterocycles. The number of rotatable bonds is 2. The number of hydrogen-bond acceptors (Lipinski definition) is 2. The summed E-state index contributed by atoms with van der Waals surface area (Å²) in [7, 11) is 0. The topological polar surface area (TPSA) is 25.8 Å². The number of nitrogens with zero attached hydrogens (tertiary/aromatic N) is 2. The van der Waals surface area contributed by atoms with Gasteiger partial charge in [0.2, 0.25) is 0 Å². The monoisotopic (exact) mass is 284 g/mol. The van der Waals surface area contributed by atoms with E-state index in [-0.39, 0.29) is 0 Å². The molecule has 0 saturated carbocycles. The van der Waals surface area contributed by atoms with Crippen LogP contribution in [0.1, 0.15) is 18.1 Å². The van der Waals surface area contributed by atoms with Gasteiger partial charge < -0.3 is 0 Å². The molecule has 0 aliphatic heterocycles. The fraction of sp³-hybridized carbons (Fsp3) is 0.100. The Morgan fingerprint density at radius 2 is 1.59 bits per heavy atom. The van der Waals surface area contributed by atoms with Crippen molar-refractivity contribution in [3.8, 4) is 22.5 Å². The predicted molar refractivity (Wildman–Crippen MR) is 90.3 cm³/mol. The highest BCUT2D eigenvalue weighted by Crippen LogP contribution is 2.36. The molecule has 2 heteroatoms. The Labute approximate surface area is 130 Å². The zero-order valence-corrected chi connectivity index (χ0v) is 12.5. The van der Waals surface area contributed by atoms with Gasteiger partial charge in [0.15, 0.2) is 0 Å². The third-order valence-corrected chi connectivity index (χ3v) is 4.03. The van der Waals surface area contributed by atoms with E-state index in [1.165, 1.54) is 22.3 Å². The number of fused-ring (bicyclic) bond motifs is 1. The van der Waals surface area contributed by atoms with Crippen molar-refractivity contribution >= 4 is 6.08 Å². The maximum Gasteiger partial charge on any atom is 0.0708 e. The van der Waals surface area contributed by atoms with E-state index < -0.39 is 0 Å². The van der Waals surface area contributed by atoms with E-state index in [0.717, 1.165) is 23.4 Å². The molecule has 0 amide bonds. The number of hydrogen-bond donors (Lipinski definition) is 0. The largest absolute Gasteiger partial charge is 0.256 e. The minimum atomic E-state index is 1.01. The van der Waals surface area contributed by atoms with Crippen LogP contribution in [-0.4, -0.2) is 9.97 Å². The molecule has 0 radical (unpaired) electrons. The predicted octanol–water partition coefficient (Wildman–Crippen LogP) is 4.77. The van der Waals surface area contributed by atoms with Gasteiger partial charge in [0, 0.05) is 23.5 Å². The van der Waals surface area contributed by atoms with Crippen molar-refractivity contribution in [3.05, 3.63) is 77.6 Å². The van der Waals surface area contributed by atoms with Crippen molar-refractivity contribution < 1.29 is 0 Å². The van der Waals surface area contributed by atoms with Gasteiger partial charge in [-0.25, -0.2) is 0 Å². The van der Waals surface area contributed by atoms with Gasteiger partial charge in [-0.3, -0.25) is 9.97 Å². The third-order valence-electron chi connectivity index (χ3n) is 4.03. The second-order valence-corrected chi connectivity index (χ2v) is 5.69. The molecule has 0 atom stereocenters. The zero-order valence-electron chi connectivity index (χ0n) is 12.5. The summed E-state index contributed by atoms with van der Waals surface area (Å²) in [6.45, 7) is 2.18. The van der Waals surface area contributed by atoms with Gasteiger partial charge in [-0.1, -0.05) is 23.8 Å². The number of allylic oxidation sites excluding steroid dienone is 1. The van der Waals surface area contributed by atoms with Crippen molar-refractivity contribution in [1.82, 2.24) is 9.97 Å². The highest BCUT2D eigenvalue weighted by Gasteiger charge is 2.17. The highest BCUT2D eigenvalue weighted by atomic mass is 14.7. The lowest BCUT2D eigenvalue weighted by atomic mass is 9.95. The summed E-state index contributed by atoms with van der Waals surface area (Å²) in [5.74, 6) is 0. The van der Waals surface area contributed by atoms with Crippen LogP contribution in [0, 0.1) is 0 Å². The Morgan fingerprint density at radius 1 is 0.864 bits per heavy atom. The Bertz CT molecular complexity index is 850. The van der Waals surface area contributed by atoms with Gasteiger partial charge in [0.05, 0.1) is 11.4 Å². The second-order valence-electron chi connectivity index (χ2n) is 5.69. The molecular formula is C20H16N2. The minimum absolute atomic E-state index is 1.01. The fourth-order valence-corrected chi connectivity index (χ4v) is 3.04.